The fraction of sp³-hybridized carbons (Fsp3) is 0.429. The van der Waals surface area contributed by atoms with Crippen LogP contribution in [0.4, 0.5) is 0 Å². The third-order valence-electron chi connectivity index (χ3n) is 4.95. The number of nitrogens with zero attached hydrogens (tertiary/aromatic N) is 1. The number of rotatable bonds is 4. The minimum atomic E-state index is 0. The fourth-order valence-corrected chi connectivity index (χ4v) is 3.56. The smallest absolute Gasteiger partial charge is 0.160 e. The minimum absolute atomic E-state index is 0. The summed E-state index contributed by atoms with van der Waals surface area (Å²) in [5.41, 5.74) is 4.87. The molecular weight excluding hydrogens is 314 g/mol. The molecule has 0 bridgehead atoms. The molecule has 0 radical (unpaired) electrons. The van der Waals surface area contributed by atoms with E-state index in [0.29, 0.717) is 5.75 Å². The molecule has 1 atom stereocenters. The van der Waals surface area contributed by atoms with Crippen LogP contribution in [-0.4, -0.2) is 37.8 Å². The molecule has 25 heavy (non-hydrogen) atoms. The molecule has 1 aliphatic heterocycles. The van der Waals surface area contributed by atoms with Gasteiger partial charge in [-0.05, 0) is 67.3 Å². The summed E-state index contributed by atoms with van der Waals surface area (Å²) in [5, 5.41) is 10.2. The molecule has 0 aliphatic carbocycles. The molecule has 0 aromatic heterocycles. The van der Waals surface area contributed by atoms with E-state index < -0.39 is 0 Å². The molecule has 3 rings (SSSR count). The van der Waals surface area contributed by atoms with E-state index in [1.165, 1.54) is 16.7 Å². The van der Waals surface area contributed by atoms with Crippen molar-refractivity contribution >= 4 is 0 Å². The zero-order valence-corrected chi connectivity index (χ0v) is 14.8. The van der Waals surface area contributed by atoms with Crippen molar-refractivity contribution in [3.8, 4) is 17.2 Å². The van der Waals surface area contributed by atoms with Crippen molar-refractivity contribution in [2.24, 2.45) is 0 Å². The maximum absolute atomic E-state index is 10.2. The fourth-order valence-electron chi connectivity index (χ4n) is 3.56. The van der Waals surface area contributed by atoms with Crippen LogP contribution in [0.1, 0.15) is 35.7 Å². The third kappa shape index (κ3) is 3.74. The Bertz CT molecular complexity index is 742. The maximum atomic E-state index is 10.2. The zero-order valence-electron chi connectivity index (χ0n) is 14.8. The van der Waals surface area contributed by atoms with Gasteiger partial charge in [-0.1, -0.05) is 19.6 Å². The Morgan fingerprint density at radius 1 is 1.12 bits per heavy atom. The number of methoxy groups -OCH3 is 2. The Kier molecular flexibility index (Phi) is 5.96. The molecule has 136 valence electrons. The molecule has 0 amide bonds. The molecule has 1 aliphatic rings. The summed E-state index contributed by atoms with van der Waals surface area (Å²) in [5.74, 6) is 1.68. The largest absolute Gasteiger partial charge is 0.504 e. The highest BCUT2D eigenvalue weighted by Crippen LogP contribution is 2.38. The van der Waals surface area contributed by atoms with Gasteiger partial charge in [0.25, 0.3) is 0 Å². The van der Waals surface area contributed by atoms with Crippen molar-refractivity contribution in [3.05, 3.63) is 52.6 Å². The number of ether oxygens (including phenoxy) is 2. The first kappa shape index (κ1) is 19.1. The van der Waals surface area contributed by atoms with Gasteiger partial charge < -0.3 is 14.6 Å². The van der Waals surface area contributed by atoms with Crippen LogP contribution in [-0.2, 0) is 12.8 Å². The number of likely N-dealkylation sites (N-methyl/N-ethyl adjacent to an activating group) is 1. The van der Waals surface area contributed by atoms with E-state index in [0.717, 1.165) is 30.7 Å². The highest BCUT2D eigenvalue weighted by atomic mass is 16.5. The lowest BCUT2D eigenvalue weighted by molar-refractivity contribution is 0.228. The molecule has 4 nitrogen and oxygen atoms in total. The molecule has 4 heteroatoms. The standard InChI is InChI=1S/C20H25NO3.CH4/c1-13-9-14(5-6-19(13)23-3)10-17-16-12-18(22)20(24-4)11-15(16)7-8-21(17)2;/h5-6,9,11-12,17,22H,7-8,10H2,1-4H3;1H4. The van der Waals surface area contributed by atoms with Crippen LogP contribution >= 0.6 is 0 Å². The Morgan fingerprint density at radius 2 is 1.84 bits per heavy atom. The average molecular weight is 343 g/mol. The second-order valence-corrected chi connectivity index (χ2v) is 6.48. The number of phenols is 1. The summed E-state index contributed by atoms with van der Waals surface area (Å²) in [4.78, 5) is 2.35. The number of phenolic OH excluding ortho intramolecular Hbond substituents is 1. The molecule has 0 saturated carbocycles. The first-order valence-corrected chi connectivity index (χ1v) is 8.27. The second-order valence-electron chi connectivity index (χ2n) is 6.48. The Labute approximate surface area is 151 Å². The zero-order chi connectivity index (χ0) is 17.3. The summed E-state index contributed by atoms with van der Waals surface area (Å²) >= 11 is 0. The topological polar surface area (TPSA) is 41.9 Å². The number of fused-ring (bicyclic) bond motifs is 1. The van der Waals surface area contributed by atoms with Crippen LogP contribution < -0.4 is 9.47 Å². The van der Waals surface area contributed by atoms with Gasteiger partial charge in [0.05, 0.1) is 14.2 Å². The van der Waals surface area contributed by atoms with Gasteiger partial charge in [0.2, 0.25) is 0 Å². The molecule has 1 unspecified atom stereocenters. The molecule has 2 aromatic carbocycles. The molecular formula is C21H29NO3. The normalized spacial score (nSPS) is 16.7. The van der Waals surface area contributed by atoms with Crippen LogP contribution in [0.2, 0.25) is 0 Å². The minimum Gasteiger partial charge on any atom is -0.504 e. The summed E-state index contributed by atoms with van der Waals surface area (Å²) in [6.45, 7) is 3.07. The van der Waals surface area contributed by atoms with E-state index in [9.17, 15) is 5.11 Å². The lowest BCUT2D eigenvalue weighted by Crippen LogP contribution is -2.33. The predicted octanol–water partition coefficient (Wildman–Crippen LogP) is 4.13. The van der Waals surface area contributed by atoms with Crippen molar-refractivity contribution in [1.82, 2.24) is 4.90 Å². The molecule has 1 heterocycles. The van der Waals surface area contributed by atoms with Crippen molar-refractivity contribution in [2.45, 2.75) is 33.2 Å². The van der Waals surface area contributed by atoms with Gasteiger partial charge in [-0.2, -0.15) is 0 Å². The number of aryl methyl sites for hydroxylation is 1. The molecule has 0 fully saturated rings. The van der Waals surface area contributed by atoms with Gasteiger partial charge in [0.1, 0.15) is 5.75 Å². The Morgan fingerprint density at radius 3 is 2.48 bits per heavy atom. The average Bonchev–Trinajstić information content (AvgIpc) is 2.57. The molecule has 2 aromatic rings. The third-order valence-corrected chi connectivity index (χ3v) is 4.95. The molecule has 1 N–H and O–H groups in total. The van der Waals surface area contributed by atoms with Crippen LogP contribution in [0.5, 0.6) is 17.2 Å². The molecule has 0 saturated heterocycles. The summed E-state index contributed by atoms with van der Waals surface area (Å²) in [6.07, 6.45) is 1.88. The number of benzene rings is 2. The Balaban J connectivity index is 0.00000225. The first-order chi connectivity index (χ1) is 11.5. The quantitative estimate of drug-likeness (QED) is 0.906. The number of hydrogen-bond donors (Lipinski definition) is 1. The van der Waals surface area contributed by atoms with Gasteiger partial charge in [0, 0.05) is 12.6 Å². The van der Waals surface area contributed by atoms with E-state index in [1.807, 2.05) is 18.2 Å². The lowest BCUT2D eigenvalue weighted by atomic mass is 9.88. The monoisotopic (exact) mass is 343 g/mol. The van der Waals surface area contributed by atoms with Crippen LogP contribution in [0, 0.1) is 6.92 Å². The summed E-state index contributed by atoms with van der Waals surface area (Å²) in [6, 6.07) is 10.4. The van der Waals surface area contributed by atoms with Crippen LogP contribution in [0.25, 0.3) is 0 Å². The summed E-state index contributed by atoms with van der Waals surface area (Å²) < 4.78 is 10.6. The van der Waals surface area contributed by atoms with E-state index in [2.05, 4.69) is 31.0 Å². The highest BCUT2D eigenvalue weighted by molar-refractivity contribution is 5.49. The van der Waals surface area contributed by atoms with Gasteiger partial charge >= 0.3 is 0 Å². The van der Waals surface area contributed by atoms with Crippen molar-refractivity contribution in [2.75, 3.05) is 27.8 Å². The lowest BCUT2D eigenvalue weighted by Gasteiger charge is -2.35. The van der Waals surface area contributed by atoms with E-state index in [1.54, 1.807) is 14.2 Å². The highest BCUT2D eigenvalue weighted by Gasteiger charge is 2.26. The number of aromatic hydroxyl groups is 1. The van der Waals surface area contributed by atoms with Crippen molar-refractivity contribution < 1.29 is 14.6 Å². The van der Waals surface area contributed by atoms with Crippen molar-refractivity contribution in [1.29, 1.82) is 0 Å². The first-order valence-electron chi connectivity index (χ1n) is 8.27. The van der Waals surface area contributed by atoms with E-state index in [-0.39, 0.29) is 19.2 Å². The van der Waals surface area contributed by atoms with Crippen LogP contribution in [0.15, 0.2) is 30.3 Å². The van der Waals surface area contributed by atoms with Gasteiger partial charge in [-0.15, -0.1) is 0 Å². The number of hydrogen-bond acceptors (Lipinski definition) is 4. The van der Waals surface area contributed by atoms with Crippen molar-refractivity contribution in [3.63, 3.8) is 0 Å². The van der Waals surface area contributed by atoms with Gasteiger partial charge in [-0.3, -0.25) is 4.90 Å². The van der Waals surface area contributed by atoms with Gasteiger partial charge in [-0.25, -0.2) is 0 Å². The molecule has 0 spiro atoms. The Hall–Kier alpha value is -2.20. The second kappa shape index (κ2) is 7.79. The van der Waals surface area contributed by atoms with Crippen LogP contribution in [0.3, 0.4) is 0 Å². The van der Waals surface area contributed by atoms with Gasteiger partial charge in [0.15, 0.2) is 11.5 Å². The SMILES string of the molecule is C.COc1ccc(CC2c3cc(O)c(OC)cc3CCN2C)cc1C. The van der Waals surface area contributed by atoms with E-state index in [4.69, 9.17) is 9.47 Å². The maximum Gasteiger partial charge on any atom is 0.160 e. The summed E-state index contributed by atoms with van der Waals surface area (Å²) in [7, 11) is 5.43. The van der Waals surface area contributed by atoms with E-state index >= 15 is 0 Å². The predicted molar refractivity (Wildman–Crippen MR) is 102 cm³/mol.